The van der Waals surface area contributed by atoms with E-state index in [1.165, 1.54) is 6.42 Å². The van der Waals surface area contributed by atoms with Crippen molar-refractivity contribution < 1.29 is 4.79 Å². The van der Waals surface area contributed by atoms with Crippen LogP contribution in [0, 0.1) is 5.92 Å². The van der Waals surface area contributed by atoms with E-state index in [4.69, 9.17) is 0 Å². The molecule has 4 heteroatoms. The molecule has 1 fully saturated rings. The Morgan fingerprint density at radius 1 is 1.53 bits per heavy atom. The Bertz CT molecular complexity index is 208. The third kappa shape index (κ3) is 4.18. The van der Waals surface area contributed by atoms with E-state index >= 15 is 0 Å². The van der Waals surface area contributed by atoms with Crippen molar-refractivity contribution in [3.63, 3.8) is 0 Å². The van der Waals surface area contributed by atoms with E-state index in [2.05, 4.69) is 29.5 Å². The van der Waals surface area contributed by atoms with Gasteiger partial charge in [-0.25, -0.2) is 0 Å². The summed E-state index contributed by atoms with van der Waals surface area (Å²) in [5, 5.41) is 6.08. The molecule has 0 aromatic carbocycles. The van der Waals surface area contributed by atoms with Gasteiger partial charge in [0.05, 0.1) is 0 Å². The zero-order valence-corrected chi connectivity index (χ0v) is 10.0. The number of carbonyl (C=O) groups is 1. The van der Waals surface area contributed by atoms with Gasteiger partial charge in [-0.3, -0.25) is 4.79 Å². The van der Waals surface area contributed by atoms with Gasteiger partial charge in [-0.05, 0) is 25.9 Å². The normalized spacial score (nSPS) is 26.7. The maximum atomic E-state index is 11.1. The number of hydrogen-bond donors (Lipinski definition) is 2. The molecule has 0 saturated carbocycles. The second kappa shape index (κ2) is 6.08. The van der Waals surface area contributed by atoms with Crippen LogP contribution < -0.4 is 10.6 Å². The van der Waals surface area contributed by atoms with Gasteiger partial charge in [-0.1, -0.05) is 6.92 Å². The summed E-state index contributed by atoms with van der Waals surface area (Å²) in [6.07, 6.45) is 1.83. The summed E-state index contributed by atoms with van der Waals surface area (Å²) in [6, 6.07) is 0.582. The molecular weight excluding hydrogens is 190 g/mol. The number of rotatable bonds is 4. The van der Waals surface area contributed by atoms with Crippen LogP contribution >= 0.6 is 0 Å². The summed E-state index contributed by atoms with van der Waals surface area (Å²) < 4.78 is 0. The van der Waals surface area contributed by atoms with Crippen LogP contribution in [-0.2, 0) is 4.79 Å². The molecule has 1 saturated heterocycles. The van der Waals surface area contributed by atoms with Gasteiger partial charge in [-0.2, -0.15) is 0 Å². The lowest BCUT2D eigenvalue weighted by Gasteiger charge is -2.34. The first-order chi connectivity index (χ1) is 7.13. The highest BCUT2D eigenvalue weighted by molar-refractivity contribution is 5.75. The maximum Gasteiger partial charge on any atom is 0.221 e. The van der Waals surface area contributed by atoms with Gasteiger partial charge in [-0.15, -0.1) is 0 Å². The second-order valence-electron chi connectivity index (χ2n) is 4.56. The molecule has 15 heavy (non-hydrogen) atoms. The van der Waals surface area contributed by atoms with Crippen LogP contribution in [0.2, 0.25) is 0 Å². The summed E-state index contributed by atoms with van der Waals surface area (Å²) in [7, 11) is 3.79. The van der Waals surface area contributed by atoms with Gasteiger partial charge in [0, 0.05) is 32.6 Å². The Labute approximate surface area is 92.4 Å². The second-order valence-corrected chi connectivity index (χ2v) is 4.56. The van der Waals surface area contributed by atoms with Gasteiger partial charge in [0.1, 0.15) is 0 Å². The Balaban J connectivity index is 2.26. The van der Waals surface area contributed by atoms with Crippen molar-refractivity contribution in [2.45, 2.75) is 25.8 Å². The highest BCUT2D eigenvalue weighted by Crippen LogP contribution is 2.14. The average Bonchev–Trinajstić information content (AvgIpc) is 2.25. The van der Waals surface area contributed by atoms with Crippen LogP contribution in [0.1, 0.15) is 19.8 Å². The standard InChI is InChI=1S/C11H23N3O/c1-9-6-10(8-13-7-9)14(3)5-4-11(15)12-2/h9-10,13H,4-8H2,1-3H3,(H,12,15). The van der Waals surface area contributed by atoms with Crippen molar-refractivity contribution >= 4 is 5.91 Å². The molecule has 1 rings (SSSR count). The summed E-state index contributed by atoms with van der Waals surface area (Å²) in [5.74, 6) is 0.866. The summed E-state index contributed by atoms with van der Waals surface area (Å²) in [5.41, 5.74) is 0. The first kappa shape index (κ1) is 12.5. The summed E-state index contributed by atoms with van der Waals surface area (Å²) >= 11 is 0. The number of hydrogen-bond acceptors (Lipinski definition) is 3. The van der Waals surface area contributed by atoms with Crippen molar-refractivity contribution in [3.05, 3.63) is 0 Å². The van der Waals surface area contributed by atoms with E-state index in [9.17, 15) is 4.79 Å². The number of amides is 1. The van der Waals surface area contributed by atoms with Crippen molar-refractivity contribution in [1.82, 2.24) is 15.5 Å². The molecule has 0 radical (unpaired) electrons. The minimum atomic E-state index is 0.124. The number of piperidine rings is 1. The first-order valence-corrected chi connectivity index (χ1v) is 5.75. The van der Waals surface area contributed by atoms with E-state index in [1.54, 1.807) is 7.05 Å². The highest BCUT2D eigenvalue weighted by atomic mass is 16.1. The molecule has 2 atom stereocenters. The van der Waals surface area contributed by atoms with Crippen molar-refractivity contribution in [2.75, 3.05) is 33.7 Å². The monoisotopic (exact) mass is 213 g/mol. The molecule has 0 spiro atoms. The highest BCUT2D eigenvalue weighted by Gasteiger charge is 2.21. The molecule has 88 valence electrons. The lowest BCUT2D eigenvalue weighted by atomic mass is 9.97. The molecule has 1 amide bonds. The number of nitrogens with one attached hydrogen (secondary N) is 2. The van der Waals surface area contributed by atoms with E-state index in [0.717, 1.165) is 25.6 Å². The third-order valence-electron chi connectivity index (χ3n) is 3.14. The SMILES string of the molecule is CNC(=O)CCN(C)C1CNCC(C)C1. The third-order valence-corrected chi connectivity index (χ3v) is 3.14. The quantitative estimate of drug-likeness (QED) is 0.694. The van der Waals surface area contributed by atoms with Crippen LogP contribution in [0.25, 0.3) is 0 Å². The molecule has 0 aromatic rings. The van der Waals surface area contributed by atoms with E-state index in [1.807, 2.05) is 0 Å². The minimum Gasteiger partial charge on any atom is -0.359 e. The van der Waals surface area contributed by atoms with E-state index in [0.29, 0.717) is 12.5 Å². The van der Waals surface area contributed by atoms with Crippen molar-refractivity contribution in [3.8, 4) is 0 Å². The summed E-state index contributed by atoms with van der Waals surface area (Å²) in [4.78, 5) is 13.4. The first-order valence-electron chi connectivity index (χ1n) is 5.75. The fourth-order valence-corrected chi connectivity index (χ4v) is 2.05. The molecular formula is C11H23N3O. The Morgan fingerprint density at radius 3 is 2.87 bits per heavy atom. The molecule has 1 aliphatic heterocycles. The predicted octanol–water partition coefficient (Wildman–Crippen LogP) is 0.0523. The van der Waals surface area contributed by atoms with Crippen LogP contribution in [-0.4, -0.2) is 50.6 Å². The smallest absolute Gasteiger partial charge is 0.221 e. The Hall–Kier alpha value is -0.610. The van der Waals surface area contributed by atoms with Gasteiger partial charge in [0.2, 0.25) is 5.91 Å². The summed E-state index contributed by atoms with van der Waals surface area (Å²) in [6.45, 7) is 5.29. The topological polar surface area (TPSA) is 44.4 Å². The predicted molar refractivity (Wildman–Crippen MR) is 61.8 cm³/mol. The molecule has 2 N–H and O–H groups in total. The minimum absolute atomic E-state index is 0.124. The van der Waals surface area contributed by atoms with Gasteiger partial charge in [0.25, 0.3) is 0 Å². The number of nitrogens with zero attached hydrogens (tertiary/aromatic N) is 1. The van der Waals surface area contributed by atoms with Crippen LogP contribution in [0.3, 0.4) is 0 Å². The number of likely N-dealkylation sites (N-methyl/N-ethyl adjacent to an activating group) is 1. The Kier molecular flexibility index (Phi) is 5.05. The van der Waals surface area contributed by atoms with E-state index in [-0.39, 0.29) is 5.91 Å². The zero-order chi connectivity index (χ0) is 11.3. The van der Waals surface area contributed by atoms with Crippen LogP contribution in [0.5, 0.6) is 0 Å². The maximum absolute atomic E-state index is 11.1. The van der Waals surface area contributed by atoms with Crippen molar-refractivity contribution in [1.29, 1.82) is 0 Å². The fourth-order valence-electron chi connectivity index (χ4n) is 2.05. The van der Waals surface area contributed by atoms with Crippen LogP contribution in [0.4, 0.5) is 0 Å². The Morgan fingerprint density at radius 2 is 2.27 bits per heavy atom. The molecule has 1 heterocycles. The van der Waals surface area contributed by atoms with Crippen molar-refractivity contribution in [2.24, 2.45) is 5.92 Å². The van der Waals surface area contributed by atoms with Gasteiger partial charge < -0.3 is 15.5 Å². The average molecular weight is 213 g/mol. The molecule has 1 aliphatic rings. The van der Waals surface area contributed by atoms with Gasteiger partial charge >= 0.3 is 0 Å². The lowest BCUT2D eigenvalue weighted by molar-refractivity contribution is -0.121. The molecule has 4 nitrogen and oxygen atoms in total. The zero-order valence-electron chi connectivity index (χ0n) is 10.0. The fraction of sp³-hybridized carbons (Fsp3) is 0.909. The largest absolute Gasteiger partial charge is 0.359 e. The van der Waals surface area contributed by atoms with E-state index < -0.39 is 0 Å². The molecule has 0 aliphatic carbocycles. The molecule has 0 bridgehead atoms. The molecule has 2 unspecified atom stereocenters. The molecule has 0 aromatic heterocycles. The number of carbonyl (C=O) groups excluding carboxylic acids is 1. The van der Waals surface area contributed by atoms with Gasteiger partial charge in [0.15, 0.2) is 0 Å². The lowest BCUT2D eigenvalue weighted by Crippen LogP contribution is -2.47. The van der Waals surface area contributed by atoms with Crippen LogP contribution in [0.15, 0.2) is 0 Å².